The number of allylic oxidation sites excluding steroid dienone is 1. The number of ketones is 1. The fraction of sp³-hybridized carbons (Fsp3) is 0.750. The molecule has 0 bridgehead atoms. The minimum absolute atomic E-state index is 0.0214. The third-order valence-electron chi connectivity index (χ3n) is 12.3. The van der Waals surface area contributed by atoms with Gasteiger partial charge in [-0.15, -0.1) is 0 Å². The molecule has 1 saturated heterocycles. The monoisotopic (exact) mass is 570 g/mol. The lowest BCUT2D eigenvalue weighted by atomic mass is 9.43. The van der Waals surface area contributed by atoms with Gasteiger partial charge in [-0.1, -0.05) is 19.4 Å². The molecule has 9 heteroatoms. The number of carbonyl (C=O) groups is 4. The van der Waals surface area contributed by atoms with Gasteiger partial charge in [0.2, 0.25) is 0 Å². The van der Waals surface area contributed by atoms with Gasteiger partial charge in [0, 0.05) is 43.1 Å². The number of rotatable bonds is 4. The molecule has 9 nitrogen and oxygen atoms in total. The highest BCUT2D eigenvalue weighted by Crippen LogP contribution is 2.73. The number of aliphatic hydroxyl groups excluding tert-OH is 1. The van der Waals surface area contributed by atoms with Crippen LogP contribution < -0.4 is 0 Å². The van der Waals surface area contributed by atoms with Crippen LogP contribution in [0.5, 0.6) is 0 Å². The summed E-state index contributed by atoms with van der Waals surface area (Å²) < 4.78 is 24.4. The Hall–Kier alpha value is -2.52. The van der Waals surface area contributed by atoms with E-state index in [9.17, 15) is 24.3 Å². The molecule has 0 aromatic heterocycles. The fourth-order valence-electron chi connectivity index (χ4n) is 10.2. The van der Waals surface area contributed by atoms with Crippen LogP contribution in [0.4, 0.5) is 0 Å². The van der Waals surface area contributed by atoms with Gasteiger partial charge >= 0.3 is 17.9 Å². The summed E-state index contributed by atoms with van der Waals surface area (Å²) in [6.45, 7) is 12.6. The quantitative estimate of drug-likeness (QED) is 0.307. The zero-order chi connectivity index (χ0) is 29.8. The lowest BCUT2D eigenvalue weighted by Gasteiger charge is -2.60. The average Bonchev–Trinajstić information content (AvgIpc) is 3.55. The van der Waals surface area contributed by atoms with Gasteiger partial charge in [0.15, 0.2) is 5.78 Å². The van der Waals surface area contributed by atoms with Crippen LogP contribution in [-0.2, 0) is 38.1 Å². The molecule has 6 aliphatic rings. The van der Waals surface area contributed by atoms with Crippen molar-refractivity contribution < 1.29 is 43.2 Å². The van der Waals surface area contributed by atoms with Crippen LogP contribution >= 0.6 is 0 Å². The normalized spacial score (nSPS) is 48.7. The Morgan fingerprint density at radius 1 is 1.05 bits per heavy atom. The summed E-state index contributed by atoms with van der Waals surface area (Å²) in [5.41, 5.74) is -0.969. The standard InChI is InChI=1S/C32H42O9/c1-14-10-22(40-29(37)15(14)2)16(3)28-23(38-17(4)33)12-20-19-11-27-32(41-27)25(36)9-8-24(35)31(32,7)21(19)13-26(30(20,28)6)39-18(5)34/h8-9,16,19-23,25-28,36H,10-13H2,1-7H3/t16-,19+,20+,21+,22-,23-,25+,26-,27-,28+,30-,31+,32-/m1/s1. The van der Waals surface area contributed by atoms with Crippen LogP contribution in [0.15, 0.2) is 23.3 Å². The van der Waals surface area contributed by atoms with Crippen molar-refractivity contribution in [2.45, 2.75) is 110 Å². The second-order valence-electron chi connectivity index (χ2n) is 13.9. The predicted molar refractivity (Wildman–Crippen MR) is 145 cm³/mol. The minimum atomic E-state index is -0.979. The largest absolute Gasteiger partial charge is 0.462 e. The Morgan fingerprint density at radius 2 is 1.73 bits per heavy atom. The molecule has 0 aromatic rings. The second kappa shape index (κ2) is 9.24. The van der Waals surface area contributed by atoms with Crippen molar-refractivity contribution in [2.75, 3.05) is 0 Å². The van der Waals surface area contributed by atoms with Crippen LogP contribution in [0.2, 0.25) is 0 Å². The van der Waals surface area contributed by atoms with E-state index in [0.29, 0.717) is 31.3 Å². The van der Waals surface area contributed by atoms with Crippen molar-refractivity contribution in [3.8, 4) is 0 Å². The first kappa shape index (κ1) is 28.6. The van der Waals surface area contributed by atoms with Gasteiger partial charge in [0.25, 0.3) is 0 Å². The van der Waals surface area contributed by atoms with Crippen LogP contribution in [0, 0.1) is 40.4 Å². The number of epoxide rings is 1. The SMILES string of the molecule is CC(=O)O[C@@H]1C[C@H]2[C@@H]3C[C@H]4O[C@]45[C@@H](O)C=CC(=O)[C@]5(C)[C@H]3C[C@@H](OC(C)=O)[C@]2(C)[C@H]1[C@H](C)[C@H]1CC(C)=C(C)C(=O)O1. The summed E-state index contributed by atoms with van der Waals surface area (Å²) in [4.78, 5) is 51.4. The third-order valence-corrected chi connectivity index (χ3v) is 12.3. The highest BCUT2D eigenvalue weighted by atomic mass is 16.6. The zero-order valence-corrected chi connectivity index (χ0v) is 25.0. The van der Waals surface area contributed by atoms with Gasteiger partial charge in [-0.05, 0) is 69.9 Å². The topological polar surface area (TPSA) is 129 Å². The number of carbonyl (C=O) groups excluding carboxylic acids is 4. The lowest BCUT2D eigenvalue weighted by Crippen LogP contribution is -2.66. The minimum Gasteiger partial charge on any atom is -0.462 e. The maximum atomic E-state index is 13.7. The molecule has 41 heavy (non-hydrogen) atoms. The summed E-state index contributed by atoms with van der Waals surface area (Å²) in [6.07, 6.45) is 2.62. The third kappa shape index (κ3) is 3.73. The molecule has 2 heterocycles. The van der Waals surface area contributed by atoms with E-state index in [-0.39, 0.29) is 47.4 Å². The van der Waals surface area contributed by atoms with Gasteiger partial charge in [-0.25, -0.2) is 4.79 Å². The van der Waals surface area contributed by atoms with E-state index in [0.717, 1.165) is 5.57 Å². The number of fused-ring (bicyclic) bond motifs is 4. The van der Waals surface area contributed by atoms with E-state index in [4.69, 9.17) is 18.9 Å². The van der Waals surface area contributed by atoms with Crippen molar-refractivity contribution in [1.29, 1.82) is 0 Å². The molecule has 224 valence electrons. The van der Waals surface area contributed by atoms with Crippen molar-refractivity contribution in [2.24, 2.45) is 40.4 Å². The van der Waals surface area contributed by atoms with Crippen LogP contribution in [0.25, 0.3) is 0 Å². The maximum absolute atomic E-state index is 13.7. The van der Waals surface area contributed by atoms with Gasteiger partial charge in [-0.3, -0.25) is 14.4 Å². The van der Waals surface area contributed by atoms with Gasteiger partial charge in [0.05, 0.1) is 11.5 Å². The molecular weight excluding hydrogens is 528 g/mol. The van der Waals surface area contributed by atoms with E-state index in [2.05, 4.69) is 6.92 Å². The Balaban J connectivity index is 1.44. The first-order valence-electron chi connectivity index (χ1n) is 15.0. The first-order chi connectivity index (χ1) is 19.2. The van der Waals surface area contributed by atoms with Gasteiger partial charge < -0.3 is 24.1 Å². The number of hydrogen-bond acceptors (Lipinski definition) is 9. The molecule has 3 saturated carbocycles. The Morgan fingerprint density at radius 3 is 2.37 bits per heavy atom. The summed E-state index contributed by atoms with van der Waals surface area (Å²) >= 11 is 0. The van der Waals surface area contributed by atoms with Crippen molar-refractivity contribution in [1.82, 2.24) is 0 Å². The predicted octanol–water partition coefficient (Wildman–Crippen LogP) is 3.46. The molecule has 6 rings (SSSR count). The Bertz CT molecular complexity index is 1270. The van der Waals surface area contributed by atoms with Crippen LogP contribution in [0.3, 0.4) is 0 Å². The molecular formula is C32H42O9. The van der Waals surface area contributed by atoms with Crippen molar-refractivity contribution in [3.63, 3.8) is 0 Å². The lowest BCUT2D eigenvalue weighted by molar-refractivity contribution is -0.196. The van der Waals surface area contributed by atoms with E-state index < -0.39 is 52.8 Å². The van der Waals surface area contributed by atoms with E-state index in [1.165, 1.54) is 26.0 Å². The number of ether oxygens (including phenoxy) is 4. The number of esters is 3. The summed E-state index contributed by atoms with van der Waals surface area (Å²) in [7, 11) is 0. The molecule has 0 radical (unpaired) electrons. The highest BCUT2D eigenvalue weighted by molar-refractivity contribution is 5.98. The van der Waals surface area contributed by atoms with Gasteiger partial charge in [0.1, 0.15) is 30.0 Å². The summed E-state index contributed by atoms with van der Waals surface area (Å²) in [5, 5.41) is 11.0. The zero-order valence-electron chi connectivity index (χ0n) is 25.0. The maximum Gasteiger partial charge on any atom is 0.333 e. The van der Waals surface area contributed by atoms with E-state index in [1.807, 2.05) is 20.8 Å². The first-order valence-corrected chi connectivity index (χ1v) is 15.0. The molecule has 1 N–H and O–H groups in total. The van der Waals surface area contributed by atoms with E-state index >= 15 is 0 Å². The van der Waals surface area contributed by atoms with Crippen molar-refractivity contribution >= 4 is 23.7 Å². The number of aliphatic hydroxyl groups is 1. The molecule has 1 spiro atoms. The number of cyclic esters (lactones) is 1. The summed E-state index contributed by atoms with van der Waals surface area (Å²) in [5.74, 6) is -1.92. The molecule has 0 aromatic carbocycles. The molecule has 13 atom stereocenters. The number of hydrogen-bond donors (Lipinski definition) is 1. The van der Waals surface area contributed by atoms with Crippen molar-refractivity contribution in [3.05, 3.63) is 23.3 Å². The molecule has 2 aliphatic heterocycles. The molecule has 0 unspecified atom stereocenters. The molecule has 4 fully saturated rings. The van der Waals surface area contributed by atoms with Gasteiger partial charge in [-0.2, -0.15) is 0 Å². The highest BCUT2D eigenvalue weighted by Gasteiger charge is 2.81. The summed E-state index contributed by atoms with van der Waals surface area (Å²) in [6, 6.07) is 0. The molecule has 4 aliphatic carbocycles. The smallest absolute Gasteiger partial charge is 0.333 e. The molecule has 0 amide bonds. The Kier molecular flexibility index (Phi) is 6.44. The van der Waals surface area contributed by atoms with Crippen LogP contribution in [0.1, 0.15) is 74.1 Å². The fourth-order valence-corrected chi connectivity index (χ4v) is 10.2. The van der Waals surface area contributed by atoms with E-state index in [1.54, 1.807) is 6.92 Å². The Labute approximate surface area is 241 Å². The second-order valence-corrected chi connectivity index (χ2v) is 13.9. The average molecular weight is 571 g/mol. The van der Waals surface area contributed by atoms with Crippen LogP contribution in [-0.4, -0.2) is 64.9 Å².